The molecule has 0 saturated carbocycles. The molecule has 40 heavy (non-hydrogen) atoms. The van der Waals surface area contributed by atoms with Crippen LogP contribution in [0.2, 0.25) is 10.0 Å². The molecule has 0 radical (unpaired) electrons. The first-order valence-electron chi connectivity index (χ1n) is 13.2. The SMILES string of the molecule is O=C(Nc1nccs1)[C@@H](c1ncn2c1CCC2)n1cc2c(Cl)cc(-c3ccc(N4CCNCC4)cc3)c(Cl)c2n1. The number of aromatic nitrogens is 5. The van der Waals surface area contributed by atoms with E-state index in [0.717, 1.165) is 62.4 Å². The molecule has 5 aromatic rings. The van der Waals surface area contributed by atoms with Crippen molar-refractivity contribution in [3.05, 3.63) is 75.9 Å². The molecule has 2 aromatic carbocycles. The number of piperazine rings is 1. The molecular weight excluding hydrogens is 567 g/mol. The van der Waals surface area contributed by atoms with E-state index in [-0.39, 0.29) is 5.91 Å². The lowest BCUT2D eigenvalue weighted by Gasteiger charge is -2.29. The zero-order chi connectivity index (χ0) is 27.2. The van der Waals surface area contributed by atoms with Crippen LogP contribution in [0.5, 0.6) is 0 Å². The highest BCUT2D eigenvalue weighted by Crippen LogP contribution is 2.40. The van der Waals surface area contributed by atoms with Gasteiger partial charge in [0.15, 0.2) is 11.2 Å². The number of hydrogen-bond donors (Lipinski definition) is 2. The highest BCUT2D eigenvalue weighted by Gasteiger charge is 2.32. The summed E-state index contributed by atoms with van der Waals surface area (Å²) in [7, 11) is 0. The topological polar surface area (TPSA) is 92.9 Å². The average molecular weight is 594 g/mol. The Morgan fingerprint density at radius 2 is 1.93 bits per heavy atom. The summed E-state index contributed by atoms with van der Waals surface area (Å²) in [5.41, 5.74) is 5.18. The number of aryl methyl sites for hydroxylation is 1. The van der Waals surface area contributed by atoms with E-state index < -0.39 is 6.04 Å². The standard InChI is InChI=1S/C28H26Cl2N8OS/c29-21-14-19(17-3-5-18(6-4-17)36-11-7-31-8-12-36)23(30)24-20(21)15-38(35-24)26(27(39)34-28-32-9-13-40-28)25-22-2-1-10-37(22)16-33-25/h3-6,9,13-16,26,31H,1-2,7-8,10-12H2,(H,32,34,39)/t26-/m1/s1. The van der Waals surface area contributed by atoms with Gasteiger partial charge in [0, 0.05) is 72.8 Å². The smallest absolute Gasteiger partial charge is 0.257 e. The van der Waals surface area contributed by atoms with Crippen LogP contribution < -0.4 is 15.5 Å². The van der Waals surface area contributed by atoms with Crippen molar-refractivity contribution in [2.45, 2.75) is 25.4 Å². The predicted molar refractivity (Wildman–Crippen MR) is 160 cm³/mol. The number of rotatable bonds is 6. The van der Waals surface area contributed by atoms with Gasteiger partial charge in [-0.3, -0.25) is 14.8 Å². The van der Waals surface area contributed by atoms with E-state index >= 15 is 0 Å². The van der Waals surface area contributed by atoms with Gasteiger partial charge in [-0.25, -0.2) is 9.97 Å². The lowest BCUT2D eigenvalue weighted by atomic mass is 10.0. The highest BCUT2D eigenvalue weighted by molar-refractivity contribution is 7.13. The minimum atomic E-state index is -0.806. The molecule has 0 bridgehead atoms. The molecule has 3 aromatic heterocycles. The number of thiazole rings is 1. The van der Waals surface area contributed by atoms with Crippen molar-refractivity contribution >= 4 is 62.2 Å². The molecule has 0 aliphatic carbocycles. The fourth-order valence-electron chi connectivity index (χ4n) is 5.60. The van der Waals surface area contributed by atoms with Crippen molar-refractivity contribution in [3.8, 4) is 11.1 Å². The van der Waals surface area contributed by atoms with Gasteiger partial charge in [0.05, 0.1) is 22.1 Å². The minimum absolute atomic E-state index is 0.271. The fraction of sp³-hybridized carbons (Fsp3) is 0.286. The average Bonchev–Trinajstić information content (AvgIpc) is 3.78. The van der Waals surface area contributed by atoms with Crippen LogP contribution in [0.3, 0.4) is 0 Å². The number of anilines is 2. The molecular formula is C28H26Cl2N8OS. The van der Waals surface area contributed by atoms with Crippen LogP contribution >= 0.6 is 34.5 Å². The number of imidazole rings is 1. The quantitative estimate of drug-likeness (QED) is 0.280. The molecule has 1 saturated heterocycles. The molecule has 204 valence electrons. The Hall–Kier alpha value is -3.44. The van der Waals surface area contributed by atoms with Crippen molar-refractivity contribution in [2.75, 3.05) is 36.4 Å². The van der Waals surface area contributed by atoms with Crippen LogP contribution in [0, 0.1) is 0 Å². The van der Waals surface area contributed by atoms with Gasteiger partial charge in [0.25, 0.3) is 5.91 Å². The number of halogens is 2. The third kappa shape index (κ3) is 4.54. The number of carbonyl (C=O) groups is 1. The molecule has 2 N–H and O–H groups in total. The number of fused-ring (bicyclic) bond motifs is 2. The molecule has 12 heteroatoms. The Labute approximate surface area is 244 Å². The first-order chi connectivity index (χ1) is 19.6. The molecule has 0 unspecified atom stereocenters. The largest absolute Gasteiger partial charge is 0.369 e. The second-order valence-electron chi connectivity index (χ2n) is 9.98. The lowest BCUT2D eigenvalue weighted by Crippen LogP contribution is -2.43. The first-order valence-corrected chi connectivity index (χ1v) is 14.9. The van der Waals surface area contributed by atoms with Gasteiger partial charge >= 0.3 is 0 Å². The van der Waals surface area contributed by atoms with Gasteiger partial charge in [0.1, 0.15) is 5.52 Å². The predicted octanol–water partition coefficient (Wildman–Crippen LogP) is 5.25. The zero-order valence-corrected chi connectivity index (χ0v) is 23.8. The Bertz CT molecular complexity index is 1690. The monoisotopic (exact) mass is 592 g/mol. The molecule has 0 spiro atoms. The molecule has 1 fully saturated rings. The molecule has 2 aliphatic rings. The first kappa shape index (κ1) is 25.5. The molecule has 1 atom stereocenters. The van der Waals surface area contributed by atoms with Crippen molar-refractivity contribution in [1.29, 1.82) is 0 Å². The van der Waals surface area contributed by atoms with E-state index in [1.807, 2.05) is 11.4 Å². The number of hydrogen-bond acceptors (Lipinski definition) is 7. The second-order valence-corrected chi connectivity index (χ2v) is 11.7. The van der Waals surface area contributed by atoms with Crippen LogP contribution in [0.15, 0.2) is 54.4 Å². The third-order valence-electron chi connectivity index (χ3n) is 7.59. The van der Waals surface area contributed by atoms with Gasteiger partial charge in [-0.15, -0.1) is 11.3 Å². The minimum Gasteiger partial charge on any atom is -0.369 e. The summed E-state index contributed by atoms with van der Waals surface area (Å²) in [4.78, 5) is 24.9. The summed E-state index contributed by atoms with van der Waals surface area (Å²) in [6.45, 7) is 4.80. The van der Waals surface area contributed by atoms with Crippen molar-refractivity contribution in [2.24, 2.45) is 0 Å². The van der Waals surface area contributed by atoms with Crippen molar-refractivity contribution in [1.82, 2.24) is 29.6 Å². The number of benzene rings is 2. The number of carbonyl (C=O) groups excluding carboxylic acids is 1. The summed E-state index contributed by atoms with van der Waals surface area (Å²) >= 11 is 15.2. The molecule has 5 heterocycles. The van der Waals surface area contributed by atoms with E-state index in [1.165, 1.54) is 17.0 Å². The Morgan fingerprint density at radius 1 is 1.10 bits per heavy atom. The highest BCUT2D eigenvalue weighted by atomic mass is 35.5. The Kier molecular flexibility index (Phi) is 6.71. The summed E-state index contributed by atoms with van der Waals surface area (Å²) in [6, 6.07) is 9.43. The van der Waals surface area contributed by atoms with E-state index in [0.29, 0.717) is 31.8 Å². The van der Waals surface area contributed by atoms with Gasteiger partial charge in [0.2, 0.25) is 0 Å². The van der Waals surface area contributed by atoms with E-state index in [9.17, 15) is 4.79 Å². The van der Waals surface area contributed by atoms with Gasteiger partial charge < -0.3 is 14.8 Å². The van der Waals surface area contributed by atoms with Crippen molar-refractivity contribution < 1.29 is 4.79 Å². The maximum absolute atomic E-state index is 13.7. The molecule has 7 rings (SSSR count). The third-order valence-corrected chi connectivity index (χ3v) is 8.97. The lowest BCUT2D eigenvalue weighted by molar-refractivity contribution is -0.118. The molecule has 2 aliphatic heterocycles. The fourth-order valence-corrected chi connectivity index (χ4v) is 6.68. The van der Waals surface area contributed by atoms with Gasteiger partial charge in [-0.1, -0.05) is 35.3 Å². The zero-order valence-electron chi connectivity index (χ0n) is 21.5. The second kappa shape index (κ2) is 10.5. The maximum Gasteiger partial charge on any atom is 0.257 e. The van der Waals surface area contributed by atoms with Crippen LogP contribution in [-0.2, 0) is 17.8 Å². The van der Waals surface area contributed by atoms with E-state index in [1.54, 1.807) is 23.4 Å². The molecule has 1 amide bonds. The van der Waals surface area contributed by atoms with Gasteiger partial charge in [-0.05, 0) is 36.6 Å². The Balaban J connectivity index is 1.28. The summed E-state index contributed by atoms with van der Waals surface area (Å²) in [5, 5.41) is 15.2. The van der Waals surface area contributed by atoms with Crippen LogP contribution in [0.25, 0.3) is 22.0 Å². The number of nitrogens with zero attached hydrogens (tertiary/aromatic N) is 6. The number of amides is 1. The molecule has 9 nitrogen and oxygen atoms in total. The summed E-state index contributed by atoms with van der Waals surface area (Å²) < 4.78 is 3.73. The van der Waals surface area contributed by atoms with Crippen molar-refractivity contribution in [3.63, 3.8) is 0 Å². The summed E-state index contributed by atoms with van der Waals surface area (Å²) in [6.07, 6.45) is 7.11. The van der Waals surface area contributed by atoms with Crippen LogP contribution in [-0.4, -0.2) is 56.4 Å². The van der Waals surface area contributed by atoms with Crippen LogP contribution in [0.4, 0.5) is 10.8 Å². The van der Waals surface area contributed by atoms with E-state index in [4.69, 9.17) is 28.3 Å². The number of nitrogens with one attached hydrogen (secondary N) is 2. The van der Waals surface area contributed by atoms with E-state index in [2.05, 4.69) is 54.3 Å². The Morgan fingerprint density at radius 3 is 2.70 bits per heavy atom. The normalized spacial score (nSPS) is 15.9. The van der Waals surface area contributed by atoms with Crippen LogP contribution in [0.1, 0.15) is 23.9 Å². The summed E-state index contributed by atoms with van der Waals surface area (Å²) in [5.74, 6) is -0.271. The maximum atomic E-state index is 13.7. The van der Waals surface area contributed by atoms with Gasteiger partial charge in [-0.2, -0.15) is 5.10 Å².